The molecule has 19 heavy (non-hydrogen) atoms. The van der Waals surface area contributed by atoms with Gasteiger partial charge in [0.2, 0.25) is 0 Å². The first kappa shape index (κ1) is 12.9. The van der Waals surface area contributed by atoms with E-state index in [9.17, 15) is 4.79 Å². The molecule has 2 aliphatic rings. The highest BCUT2D eigenvalue weighted by Gasteiger charge is 2.31. The van der Waals surface area contributed by atoms with Gasteiger partial charge in [0.1, 0.15) is 0 Å². The van der Waals surface area contributed by atoms with E-state index in [4.69, 9.17) is 4.74 Å². The SMILES string of the molecule is CC(C)(C)c1cc(C2CC2)nn(C2CCOC2)c1=O. The number of hydrogen-bond donors (Lipinski definition) is 0. The van der Waals surface area contributed by atoms with Crippen LogP contribution in [0.1, 0.15) is 63.3 Å². The molecule has 1 aliphatic heterocycles. The van der Waals surface area contributed by atoms with Gasteiger partial charge in [-0.1, -0.05) is 20.8 Å². The molecule has 0 aromatic carbocycles. The van der Waals surface area contributed by atoms with Gasteiger partial charge in [0.25, 0.3) is 5.56 Å². The van der Waals surface area contributed by atoms with E-state index in [1.807, 2.05) is 6.07 Å². The van der Waals surface area contributed by atoms with Crippen LogP contribution in [-0.2, 0) is 10.2 Å². The Kier molecular flexibility index (Phi) is 3.01. The van der Waals surface area contributed by atoms with Crippen molar-refractivity contribution in [2.45, 2.75) is 57.4 Å². The van der Waals surface area contributed by atoms with E-state index in [-0.39, 0.29) is 17.0 Å². The second-order valence-corrected chi connectivity index (χ2v) is 6.77. The zero-order valence-corrected chi connectivity index (χ0v) is 12.0. The number of rotatable bonds is 2. The van der Waals surface area contributed by atoms with Crippen molar-refractivity contribution < 1.29 is 4.74 Å². The van der Waals surface area contributed by atoms with Gasteiger partial charge in [0.05, 0.1) is 18.3 Å². The molecule has 4 heteroatoms. The van der Waals surface area contributed by atoms with Gasteiger partial charge in [0, 0.05) is 18.1 Å². The molecule has 1 aromatic rings. The van der Waals surface area contributed by atoms with Crippen molar-refractivity contribution in [1.29, 1.82) is 0 Å². The van der Waals surface area contributed by atoms with Gasteiger partial charge >= 0.3 is 0 Å². The maximum Gasteiger partial charge on any atom is 0.270 e. The van der Waals surface area contributed by atoms with Gasteiger partial charge in [-0.2, -0.15) is 5.10 Å². The van der Waals surface area contributed by atoms with Crippen molar-refractivity contribution in [2.24, 2.45) is 0 Å². The quantitative estimate of drug-likeness (QED) is 0.822. The lowest BCUT2D eigenvalue weighted by molar-refractivity contribution is 0.183. The van der Waals surface area contributed by atoms with E-state index >= 15 is 0 Å². The molecule has 2 fully saturated rings. The van der Waals surface area contributed by atoms with Crippen molar-refractivity contribution in [3.8, 4) is 0 Å². The minimum atomic E-state index is -0.134. The molecule has 1 atom stereocenters. The third-order valence-electron chi connectivity index (χ3n) is 4.01. The summed E-state index contributed by atoms with van der Waals surface area (Å²) in [5.41, 5.74) is 1.91. The first-order valence-corrected chi connectivity index (χ1v) is 7.19. The molecule has 4 nitrogen and oxygen atoms in total. The lowest BCUT2D eigenvalue weighted by Crippen LogP contribution is -2.35. The smallest absolute Gasteiger partial charge is 0.270 e. The fourth-order valence-corrected chi connectivity index (χ4v) is 2.61. The predicted molar refractivity (Wildman–Crippen MR) is 73.6 cm³/mol. The Balaban J connectivity index is 2.11. The molecular weight excluding hydrogens is 240 g/mol. The lowest BCUT2D eigenvalue weighted by atomic mass is 9.87. The molecule has 0 radical (unpaired) electrons. The molecule has 0 bridgehead atoms. The Bertz CT molecular complexity index is 532. The van der Waals surface area contributed by atoms with Crippen LogP contribution in [0.3, 0.4) is 0 Å². The highest BCUT2D eigenvalue weighted by atomic mass is 16.5. The normalized spacial score (nSPS) is 23.8. The summed E-state index contributed by atoms with van der Waals surface area (Å²) < 4.78 is 7.10. The van der Waals surface area contributed by atoms with Crippen LogP contribution in [-0.4, -0.2) is 23.0 Å². The van der Waals surface area contributed by atoms with Crippen molar-refractivity contribution in [1.82, 2.24) is 9.78 Å². The monoisotopic (exact) mass is 262 g/mol. The van der Waals surface area contributed by atoms with E-state index in [0.29, 0.717) is 12.5 Å². The van der Waals surface area contributed by atoms with Crippen LogP contribution in [0.4, 0.5) is 0 Å². The maximum atomic E-state index is 12.6. The molecule has 0 amide bonds. The van der Waals surface area contributed by atoms with Crippen molar-refractivity contribution in [3.63, 3.8) is 0 Å². The Hall–Kier alpha value is -1.16. The molecule has 3 rings (SSSR count). The fraction of sp³-hybridized carbons (Fsp3) is 0.733. The van der Waals surface area contributed by atoms with E-state index in [1.165, 1.54) is 12.8 Å². The number of ether oxygens (including phenoxy) is 1. The second kappa shape index (κ2) is 4.44. The van der Waals surface area contributed by atoms with Gasteiger partial charge in [0.15, 0.2) is 0 Å². The molecule has 0 N–H and O–H groups in total. The Morgan fingerprint density at radius 1 is 1.32 bits per heavy atom. The lowest BCUT2D eigenvalue weighted by Gasteiger charge is -2.22. The van der Waals surface area contributed by atoms with Crippen LogP contribution in [0.25, 0.3) is 0 Å². The minimum Gasteiger partial charge on any atom is -0.379 e. The van der Waals surface area contributed by atoms with Crippen molar-refractivity contribution in [2.75, 3.05) is 13.2 Å². The number of nitrogens with zero attached hydrogens (tertiary/aromatic N) is 2. The Labute approximate surface area is 113 Å². The number of hydrogen-bond acceptors (Lipinski definition) is 3. The summed E-state index contributed by atoms with van der Waals surface area (Å²) in [4.78, 5) is 12.6. The Morgan fingerprint density at radius 2 is 2.05 bits per heavy atom. The summed E-state index contributed by atoms with van der Waals surface area (Å²) in [6.45, 7) is 7.63. The van der Waals surface area contributed by atoms with Gasteiger partial charge in [-0.15, -0.1) is 0 Å². The summed E-state index contributed by atoms with van der Waals surface area (Å²) >= 11 is 0. The molecule has 1 aromatic heterocycles. The third-order valence-corrected chi connectivity index (χ3v) is 4.01. The van der Waals surface area contributed by atoms with E-state index in [0.717, 1.165) is 24.3 Å². The fourth-order valence-electron chi connectivity index (χ4n) is 2.61. The largest absolute Gasteiger partial charge is 0.379 e. The van der Waals surface area contributed by atoms with E-state index < -0.39 is 0 Å². The van der Waals surface area contributed by atoms with E-state index in [1.54, 1.807) is 4.68 Å². The van der Waals surface area contributed by atoms with Crippen LogP contribution < -0.4 is 5.56 Å². The molecule has 2 heterocycles. The van der Waals surface area contributed by atoms with Crippen LogP contribution in [0.2, 0.25) is 0 Å². The molecule has 1 saturated heterocycles. The van der Waals surface area contributed by atoms with Gasteiger partial charge < -0.3 is 4.74 Å². The van der Waals surface area contributed by atoms with Gasteiger partial charge in [-0.3, -0.25) is 4.79 Å². The summed E-state index contributed by atoms with van der Waals surface area (Å²) in [5, 5.41) is 4.61. The topological polar surface area (TPSA) is 44.1 Å². The summed E-state index contributed by atoms with van der Waals surface area (Å²) in [6, 6.07) is 2.15. The Morgan fingerprint density at radius 3 is 2.58 bits per heavy atom. The van der Waals surface area contributed by atoms with Crippen LogP contribution in [0.5, 0.6) is 0 Å². The molecule has 1 unspecified atom stereocenters. The standard InChI is InChI=1S/C15H22N2O2/c1-15(2,3)12-8-13(10-4-5-10)16-17(14(12)18)11-6-7-19-9-11/h8,10-11H,4-7,9H2,1-3H3. The van der Waals surface area contributed by atoms with Gasteiger partial charge in [-0.25, -0.2) is 4.68 Å². The van der Waals surface area contributed by atoms with E-state index in [2.05, 4.69) is 25.9 Å². The number of aromatic nitrogens is 2. The second-order valence-electron chi connectivity index (χ2n) is 6.77. The molecule has 104 valence electrons. The third kappa shape index (κ3) is 2.46. The molecular formula is C15H22N2O2. The van der Waals surface area contributed by atoms with Crippen molar-refractivity contribution in [3.05, 3.63) is 27.7 Å². The van der Waals surface area contributed by atoms with Crippen molar-refractivity contribution >= 4 is 0 Å². The predicted octanol–water partition coefficient (Wildman–Crippen LogP) is 2.38. The average molecular weight is 262 g/mol. The first-order valence-electron chi connectivity index (χ1n) is 7.19. The molecule has 1 saturated carbocycles. The summed E-state index contributed by atoms with van der Waals surface area (Å²) in [6.07, 6.45) is 3.30. The summed E-state index contributed by atoms with van der Waals surface area (Å²) in [5.74, 6) is 0.565. The molecule has 1 aliphatic carbocycles. The minimum absolute atomic E-state index is 0.0624. The first-order chi connectivity index (χ1) is 8.97. The van der Waals surface area contributed by atoms with Crippen LogP contribution in [0.15, 0.2) is 10.9 Å². The maximum absolute atomic E-state index is 12.6. The zero-order valence-electron chi connectivity index (χ0n) is 12.0. The van der Waals surface area contributed by atoms with Crippen LogP contribution in [0, 0.1) is 0 Å². The highest BCUT2D eigenvalue weighted by Crippen LogP contribution is 2.39. The summed E-state index contributed by atoms with van der Waals surface area (Å²) in [7, 11) is 0. The van der Waals surface area contributed by atoms with Crippen LogP contribution >= 0.6 is 0 Å². The average Bonchev–Trinajstić information content (AvgIpc) is 3.04. The van der Waals surface area contributed by atoms with Gasteiger partial charge in [-0.05, 0) is 30.7 Å². The molecule has 0 spiro atoms. The highest BCUT2D eigenvalue weighted by molar-refractivity contribution is 5.25. The zero-order chi connectivity index (χ0) is 13.6.